The lowest BCUT2D eigenvalue weighted by molar-refractivity contribution is 0.118. The molecule has 84 heavy (non-hydrogen) atoms. The summed E-state index contributed by atoms with van der Waals surface area (Å²) in [7, 11) is -36.0. The second-order valence-corrected chi connectivity index (χ2v) is 40.4. The normalized spacial score (nSPS) is 22.5. The van der Waals surface area contributed by atoms with Crippen molar-refractivity contribution < 1.29 is 55.6 Å². The smallest absolute Gasteiger partial charge is 0.251 e. The molecule has 8 unspecified atom stereocenters. The molecule has 19 heteroatoms. The maximum Gasteiger partial charge on any atom is 0.251 e. The summed E-state index contributed by atoms with van der Waals surface area (Å²) in [5.41, 5.74) is 0. The Morgan fingerprint density at radius 1 is 0.286 bits per heavy atom. The lowest BCUT2D eigenvalue weighted by Crippen LogP contribution is -2.82. The van der Waals surface area contributed by atoms with Crippen LogP contribution in [0.4, 0.5) is 0 Å². The molecule has 0 heterocycles. The van der Waals surface area contributed by atoms with Gasteiger partial charge in [0, 0.05) is 6.42 Å². The van der Waals surface area contributed by atoms with Crippen molar-refractivity contribution in [1.82, 2.24) is 0 Å². The van der Waals surface area contributed by atoms with Gasteiger partial charge in [-0.05, 0) is 77.0 Å². The molecule has 0 aromatic heterocycles. The largest absolute Gasteiger partial charge is 0.372 e. The fourth-order valence-corrected chi connectivity index (χ4v) is 39.4. The first-order valence-corrected chi connectivity index (χ1v) is 44.2. The van der Waals surface area contributed by atoms with Crippen molar-refractivity contribution in [3.8, 4) is 0 Å². The Morgan fingerprint density at radius 3 is 0.714 bits per heavy atom. The average molecular weight is 1310 g/mol. The van der Waals surface area contributed by atoms with E-state index in [0.29, 0.717) is 70.6 Å². The van der Waals surface area contributed by atoms with Gasteiger partial charge in [0.15, 0.2) is 59.0 Å². The number of hydrogen-bond acceptors (Lipinski definition) is 13. The Kier molecular flexibility index (Phi) is 38.7. The maximum absolute atomic E-state index is 17.8. The molecule has 13 nitrogen and oxygen atoms in total. The van der Waals surface area contributed by atoms with Crippen molar-refractivity contribution in [2.75, 3.05) is 0 Å². The topological polar surface area (TPSA) is 225 Å². The monoisotopic (exact) mass is 1310 g/mol. The van der Waals surface area contributed by atoms with Gasteiger partial charge in [0.05, 0.1) is 31.5 Å². The zero-order chi connectivity index (χ0) is 63.9. The van der Waals surface area contributed by atoms with Gasteiger partial charge in [0.2, 0.25) is 9.01 Å². The summed E-state index contributed by atoms with van der Waals surface area (Å²) in [6.07, 6.45) is 13.5. The third-order valence-corrected chi connectivity index (χ3v) is 40.7. The molecule has 1 N–H and O–H groups in total. The zero-order valence-electron chi connectivity index (χ0n) is 55.7. The number of aliphatic hydroxyl groups is 1. The van der Waals surface area contributed by atoms with Crippen LogP contribution in [0.2, 0.25) is 0 Å². The summed E-state index contributed by atoms with van der Waals surface area (Å²) in [6, 6.07) is 0. The van der Waals surface area contributed by atoms with Crippen LogP contribution in [-0.2, 0) is 59.0 Å². The molecule has 0 radical (unpaired) electrons. The number of sulfone groups is 6. The van der Waals surface area contributed by atoms with E-state index in [1.807, 2.05) is 41.5 Å². The first-order valence-electron chi connectivity index (χ1n) is 34.8. The summed E-state index contributed by atoms with van der Waals surface area (Å²) < 4.78 is 201. The number of hydrogen-bond donors (Lipinski definition) is 1. The third-order valence-electron chi connectivity index (χ3n) is 19.5. The Bertz CT molecular complexity index is 2370. The van der Waals surface area contributed by atoms with Gasteiger partial charge >= 0.3 is 0 Å². The first kappa shape index (κ1) is 81.7. The fourth-order valence-electron chi connectivity index (χ4n) is 14.4. The molecule has 0 spiro atoms. The number of rotatable bonds is 54. The molecular formula is C65H130O13S6. The predicted molar refractivity (Wildman–Crippen MR) is 357 cm³/mol. The highest BCUT2D eigenvalue weighted by atomic mass is 32.3. The zero-order valence-corrected chi connectivity index (χ0v) is 60.6. The highest BCUT2D eigenvalue weighted by Crippen LogP contribution is 2.69. The molecule has 8 atom stereocenters. The molecule has 0 aliphatic heterocycles. The van der Waals surface area contributed by atoms with Gasteiger partial charge in [0.1, 0.15) is 5.25 Å². The average Bonchev–Trinajstić information content (AvgIpc) is 1.37. The lowest BCUT2D eigenvalue weighted by Gasteiger charge is -2.53. The predicted octanol–water partition coefficient (Wildman–Crippen LogP) is 17.2. The second-order valence-electron chi connectivity index (χ2n) is 25.5. The first-order chi connectivity index (χ1) is 39.7. The van der Waals surface area contributed by atoms with Crippen LogP contribution in [0.5, 0.6) is 0 Å². The molecular weight excluding hydrogens is 1180 g/mol. The van der Waals surface area contributed by atoms with Crippen molar-refractivity contribution in [2.24, 2.45) is 0 Å². The van der Waals surface area contributed by atoms with E-state index >= 15 is 50.5 Å². The summed E-state index contributed by atoms with van der Waals surface area (Å²) in [5.74, 6) is 0. The molecule has 0 aromatic rings. The molecule has 0 saturated heterocycles. The van der Waals surface area contributed by atoms with E-state index in [1.54, 1.807) is 6.92 Å². The van der Waals surface area contributed by atoms with Gasteiger partial charge in [0.25, 0.3) is 4.08 Å². The quantitative estimate of drug-likeness (QED) is 0.0560. The fraction of sp³-hybridized carbons (Fsp3) is 1.00. The van der Waals surface area contributed by atoms with Gasteiger partial charge < -0.3 is 5.11 Å². The standard InChI is InChI=1S/C65H130O13S6/c1-13-25-31-37-43-49-56(19-7)79(67,68)62-55-63(66,80(69,70)57(20-8)50-44-38-32-26-14-2)65(83(75,76)60(23-11)53-47-41-35-29-17-5,84(77,78)61(24-12)54-48-42-36-30-18-6)64(62,81(71,72)58(21-9)51-45-39-33-27-15-3)82(73,74)59(22-10)52-46-40-34-28-16-4/h56-62,66H,13-55H2,1-12H3. The molecule has 0 amide bonds. The van der Waals surface area contributed by atoms with Crippen molar-refractivity contribution in [2.45, 2.75) is 409 Å². The van der Waals surface area contributed by atoms with E-state index in [1.165, 1.54) is 34.6 Å². The van der Waals surface area contributed by atoms with Crippen LogP contribution in [0.1, 0.15) is 359 Å². The van der Waals surface area contributed by atoms with Crippen LogP contribution in [0, 0.1) is 0 Å². The Balaban J connectivity index is 5.79. The maximum atomic E-state index is 17.8. The van der Waals surface area contributed by atoms with Crippen LogP contribution in [0.15, 0.2) is 0 Å². The SMILES string of the molecule is CCCCCCCC(CC)S(=O)(=O)C1CC(O)(S(=O)(=O)C(CC)CCCCCCC)C(S(=O)(=O)C(CC)CCCCCCC)(S(=O)(=O)C(CC)CCCCCCC)C1(S(=O)(=O)C(CC)CCCCCCC)S(=O)(=O)C(CC)CCCCCCC. The van der Waals surface area contributed by atoms with Crippen LogP contribution in [-0.4, -0.2) is 105 Å². The van der Waals surface area contributed by atoms with Gasteiger partial charge in [-0.3, -0.25) is 0 Å². The highest BCUT2D eigenvalue weighted by Gasteiger charge is 2.97. The molecule has 504 valence electrons. The van der Waals surface area contributed by atoms with Crippen LogP contribution in [0.3, 0.4) is 0 Å². The molecule has 1 aliphatic carbocycles. The van der Waals surface area contributed by atoms with Gasteiger partial charge in [-0.1, -0.05) is 276 Å². The van der Waals surface area contributed by atoms with Crippen molar-refractivity contribution in [1.29, 1.82) is 0 Å². The Labute approximate surface area is 520 Å². The van der Waals surface area contributed by atoms with Crippen LogP contribution >= 0.6 is 0 Å². The highest BCUT2D eigenvalue weighted by molar-refractivity contribution is 8.19. The van der Waals surface area contributed by atoms with Gasteiger partial charge in [-0.2, -0.15) is 0 Å². The molecule has 1 fully saturated rings. The van der Waals surface area contributed by atoms with E-state index in [4.69, 9.17) is 0 Å². The van der Waals surface area contributed by atoms with Crippen LogP contribution in [0.25, 0.3) is 0 Å². The van der Waals surface area contributed by atoms with Crippen molar-refractivity contribution in [3.63, 3.8) is 0 Å². The second kappa shape index (κ2) is 39.8. The summed E-state index contributed by atoms with van der Waals surface area (Å²) in [6.45, 7) is 21.3. The third kappa shape index (κ3) is 18.5. The van der Waals surface area contributed by atoms with Crippen molar-refractivity contribution in [3.05, 3.63) is 0 Å². The van der Waals surface area contributed by atoms with E-state index < -0.39 is 128 Å². The van der Waals surface area contributed by atoms with E-state index in [2.05, 4.69) is 0 Å². The molecule has 1 rings (SSSR count). The minimum Gasteiger partial charge on any atom is -0.372 e. The van der Waals surface area contributed by atoms with E-state index in [0.717, 1.165) is 89.9 Å². The van der Waals surface area contributed by atoms with E-state index in [9.17, 15) is 5.11 Å². The van der Waals surface area contributed by atoms with Crippen LogP contribution < -0.4 is 0 Å². The Hall–Kier alpha value is -0.340. The van der Waals surface area contributed by atoms with Gasteiger partial charge in [-0.15, -0.1) is 0 Å². The molecule has 0 aromatic carbocycles. The number of unbranched alkanes of at least 4 members (excludes halogenated alkanes) is 24. The van der Waals surface area contributed by atoms with Gasteiger partial charge in [-0.25, -0.2) is 50.5 Å². The molecule has 1 aliphatic rings. The molecule has 1 saturated carbocycles. The Morgan fingerprint density at radius 2 is 0.488 bits per heavy atom. The van der Waals surface area contributed by atoms with Crippen molar-refractivity contribution >= 4 is 59.0 Å². The molecule has 0 bridgehead atoms. The minimum absolute atomic E-state index is 0.101. The summed E-state index contributed by atoms with van der Waals surface area (Å²) >= 11 is 0. The van der Waals surface area contributed by atoms with E-state index in [-0.39, 0.29) is 96.3 Å². The summed E-state index contributed by atoms with van der Waals surface area (Å²) in [5, 5.41) is 1.19. The minimum atomic E-state index is -6.24. The summed E-state index contributed by atoms with van der Waals surface area (Å²) in [4.78, 5) is -4.30. The lowest BCUT2D eigenvalue weighted by atomic mass is 10.1.